The van der Waals surface area contributed by atoms with Gasteiger partial charge < -0.3 is 10.2 Å². The van der Waals surface area contributed by atoms with Crippen molar-refractivity contribution in [3.8, 4) is 0 Å². The fourth-order valence-corrected chi connectivity index (χ4v) is 2.26. The molecular weight excluding hydrogens is 262 g/mol. The smallest absolute Gasteiger partial charge is 0.126 e. The Labute approximate surface area is 117 Å². The standard InChI is InChI=1S/C15H18F2N2O/c1-10-3-4-14(20-10)9-19(2)15(8-18)11-5-12(16)7-13(17)6-11/h3-7,15H,8-9,18H2,1-2H3. The Balaban J connectivity index is 2.18. The molecule has 0 amide bonds. The van der Waals surface area contributed by atoms with Crippen LogP contribution in [0.1, 0.15) is 23.1 Å². The average Bonchev–Trinajstić information content (AvgIpc) is 2.74. The largest absolute Gasteiger partial charge is 0.465 e. The highest BCUT2D eigenvalue weighted by atomic mass is 19.1. The highest BCUT2D eigenvalue weighted by molar-refractivity contribution is 5.22. The zero-order chi connectivity index (χ0) is 14.7. The van der Waals surface area contributed by atoms with Crippen molar-refractivity contribution in [2.45, 2.75) is 19.5 Å². The Morgan fingerprint density at radius 2 is 1.85 bits per heavy atom. The lowest BCUT2D eigenvalue weighted by Crippen LogP contribution is -2.30. The van der Waals surface area contributed by atoms with Crippen molar-refractivity contribution in [3.05, 3.63) is 59.1 Å². The molecule has 1 heterocycles. The normalized spacial score (nSPS) is 12.9. The van der Waals surface area contributed by atoms with Crippen molar-refractivity contribution in [2.75, 3.05) is 13.6 Å². The van der Waals surface area contributed by atoms with Crippen LogP contribution < -0.4 is 5.73 Å². The SMILES string of the molecule is Cc1ccc(CN(C)C(CN)c2cc(F)cc(F)c2)o1. The van der Waals surface area contributed by atoms with Crippen LogP contribution in [0.2, 0.25) is 0 Å². The van der Waals surface area contributed by atoms with E-state index in [0.717, 1.165) is 17.6 Å². The molecule has 0 aliphatic carbocycles. The van der Waals surface area contributed by atoms with Crippen LogP contribution in [-0.2, 0) is 6.54 Å². The van der Waals surface area contributed by atoms with Gasteiger partial charge in [-0.25, -0.2) is 8.78 Å². The molecule has 0 saturated heterocycles. The van der Waals surface area contributed by atoms with E-state index < -0.39 is 11.6 Å². The van der Waals surface area contributed by atoms with E-state index in [0.29, 0.717) is 12.1 Å². The maximum absolute atomic E-state index is 13.3. The first-order valence-corrected chi connectivity index (χ1v) is 6.41. The predicted molar refractivity (Wildman–Crippen MR) is 73.1 cm³/mol. The summed E-state index contributed by atoms with van der Waals surface area (Å²) in [6, 6.07) is 6.96. The molecule has 0 bridgehead atoms. The van der Waals surface area contributed by atoms with Gasteiger partial charge in [0.1, 0.15) is 23.2 Å². The number of benzene rings is 1. The van der Waals surface area contributed by atoms with Crippen molar-refractivity contribution in [1.82, 2.24) is 4.90 Å². The minimum absolute atomic E-state index is 0.263. The van der Waals surface area contributed by atoms with Gasteiger partial charge in [-0.1, -0.05) is 0 Å². The van der Waals surface area contributed by atoms with Crippen molar-refractivity contribution < 1.29 is 13.2 Å². The molecule has 0 aliphatic rings. The molecule has 1 atom stereocenters. The molecule has 2 N–H and O–H groups in total. The highest BCUT2D eigenvalue weighted by Crippen LogP contribution is 2.22. The summed E-state index contributed by atoms with van der Waals surface area (Å²) >= 11 is 0. The number of rotatable bonds is 5. The monoisotopic (exact) mass is 280 g/mol. The Bertz CT molecular complexity index is 563. The third-order valence-corrected chi connectivity index (χ3v) is 3.23. The third-order valence-electron chi connectivity index (χ3n) is 3.23. The number of nitrogens with zero attached hydrogens (tertiary/aromatic N) is 1. The summed E-state index contributed by atoms with van der Waals surface area (Å²) < 4.78 is 32.1. The van der Waals surface area contributed by atoms with Crippen molar-refractivity contribution >= 4 is 0 Å². The fraction of sp³-hybridized carbons (Fsp3) is 0.333. The first kappa shape index (κ1) is 14.7. The van der Waals surface area contributed by atoms with Crippen LogP contribution in [0.15, 0.2) is 34.7 Å². The van der Waals surface area contributed by atoms with Gasteiger partial charge in [0.25, 0.3) is 0 Å². The van der Waals surface area contributed by atoms with Crippen LogP contribution >= 0.6 is 0 Å². The molecule has 1 aromatic carbocycles. The maximum Gasteiger partial charge on any atom is 0.126 e. The summed E-state index contributed by atoms with van der Waals surface area (Å²) in [4.78, 5) is 1.91. The van der Waals surface area contributed by atoms with Crippen LogP contribution in [0.3, 0.4) is 0 Å². The van der Waals surface area contributed by atoms with Crippen LogP contribution in [0.25, 0.3) is 0 Å². The van der Waals surface area contributed by atoms with Crippen LogP contribution in [0, 0.1) is 18.6 Å². The van der Waals surface area contributed by atoms with E-state index in [1.807, 2.05) is 31.0 Å². The van der Waals surface area contributed by atoms with Gasteiger partial charge in [-0.2, -0.15) is 0 Å². The number of hydrogen-bond donors (Lipinski definition) is 1. The number of likely N-dealkylation sites (N-methyl/N-ethyl adjacent to an activating group) is 1. The quantitative estimate of drug-likeness (QED) is 0.915. The van der Waals surface area contributed by atoms with E-state index >= 15 is 0 Å². The van der Waals surface area contributed by atoms with Gasteiger partial charge in [0.2, 0.25) is 0 Å². The molecule has 0 spiro atoms. The highest BCUT2D eigenvalue weighted by Gasteiger charge is 2.18. The topological polar surface area (TPSA) is 42.4 Å². The summed E-state index contributed by atoms with van der Waals surface area (Å²) in [6.45, 7) is 2.65. The number of aryl methyl sites for hydroxylation is 1. The van der Waals surface area contributed by atoms with Gasteiger partial charge >= 0.3 is 0 Å². The molecule has 108 valence electrons. The number of halogens is 2. The predicted octanol–water partition coefficient (Wildman–Crippen LogP) is 3.00. The Morgan fingerprint density at radius 3 is 2.35 bits per heavy atom. The molecule has 0 fully saturated rings. The summed E-state index contributed by atoms with van der Waals surface area (Å²) in [6.07, 6.45) is 0. The van der Waals surface area contributed by atoms with Crippen molar-refractivity contribution in [2.24, 2.45) is 5.73 Å². The van der Waals surface area contributed by atoms with Crippen LogP contribution in [-0.4, -0.2) is 18.5 Å². The van der Waals surface area contributed by atoms with E-state index in [-0.39, 0.29) is 12.6 Å². The molecule has 3 nitrogen and oxygen atoms in total. The van der Waals surface area contributed by atoms with Crippen LogP contribution in [0.4, 0.5) is 8.78 Å². The second-order valence-corrected chi connectivity index (χ2v) is 4.88. The Morgan fingerprint density at radius 1 is 1.20 bits per heavy atom. The Kier molecular flexibility index (Phi) is 4.52. The molecule has 1 unspecified atom stereocenters. The molecule has 0 radical (unpaired) electrons. The van der Waals surface area contributed by atoms with E-state index in [1.165, 1.54) is 12.1 Å². The summed E-state index contributed by atoms with van der Waals surface area (Å²) in [5, 5.41) is 0. The second-order valence-electron chi connectivity index (χ2n) is 4.88. The number of hydrogen-bond acceptors (Lipinski definition) is 3. The minimum Gasteiger partial charge on any atom is -0.465 e. The minimum atomic E-state index is -0.597. The van der Waals surface area contributed by atoms with E-state index in [1.54, 1.807) is 0 Å². The lowest BCUT2D eigenvalue weighted by molar-refractivity contribution is 0.221. The molecule has 2 aromatic rings. The molecule has 0 saturated carbocycles. The molecule has 0 aliphatic heterocycles. The van der Waals surface area contributed by atoms with Crippen molar-refractivity contribution in [3.63, 3.8) is 0 Å². The number of nitrogens with two attached hydrogens (primary N) is 1. The van der Waals surface area contributed by atoms with E-state index in [4.69, 9.17) is 10.2 Å². The van der Waals surface area contributed by atoms with Gasteiger partial charge in [-0.15, -0.1) is 0 Å². The summed E-state index contributed by atoms with van der Waals surface area (Å²) in [5.41, 5.74) is 6.27. The molecule has 2 rings (SSSR count). The molecule has 1 aromatic heterocycles. The van der Waals surface area contributed by atoms with Crippen molar-refractivity contribution in [1.29, 1.82) is 0 Å². The van der Waals surface area contributed by atoms with Gasteiger partial charge in [0.05, 0.1) is 6.54 Å². The van der Waals surface area contributed by atoms with Gasteiger partial charge in [0.15, 0.2) is 0 Å². The van der Waals surface area contributed by atoms with E-state index in [9.17, 15) is 8.78 Å². The van der Waals surface area contributed by atoms with Gasteiger partial charge in [-0.3, -0.25) is 4.90 Å². The molecule has 20 heavy (non-hydrogen) atoms. The first-order chi connectivity index (χ1) is 9.49. The zero-order valence-corrected chi connectivity index (χ0v) is 11.6. The third kappa shape index (κ3) is 3.43. The Hall–Kier alpha value is -1.72. The van der Waals surface area contributed by atoms with E-state index in [2.05, 4.69) is 0 Å². The maximum atomic E-state index is 13.3. The van der Waals surface area contributed by atoms with Crippen LogP contribution in [0.5, 0.6) is 0 Å². The lowest BCUT2D eigenvalue weighted by Gasteiger charge is -2.26. The first-order valence-electron chi connectivity index (χ1n) is 6.41. The zero-order valence-electron chi connectivity index (χ0n) is 11.6. The fourth-order valence-electron chi connectivity index (χ4n) is 2.26. The molecular formula is C15H18F2N2O. The van der Waals surface area contributed by atoms with Gasteiger partial charge in [0, 0.05) is 18.7 Å². The molecule has 5 heteroatoms. The summed E-state index contributed by atoms with van der Waals surface area (Å²) in [7, 11) is 1.85. The lowest BCUT2D eigenvalue weighted by atomic mass is 10.1. The summed E-state index contributed by atoms with van der Waals surface area (Å²) in [5.74, 6) is 0.427. The average molecular weight is 280 g/mol. The number of furan rings is 1. The van der Waals surface area contributed by atoms with Gasteiger partial charge in [-0.05, 0) is 43.8 Å². The second kappa shape index (κ2) is 6.15.